The third kappa shape index (κ3) is 1.80. The van der Waals surface area contributed by atoms with Crippen molar-refractivity contribution < 1.29 is 4.74 Å². The summed E-state index contributed by atoms with van der Waals surface area (Å²) in [6, 6.07) is 10.4. The average molecular weight is 189 g/mol. The molecule has 0 spiro atoms. The van der Waals surface area contributed by atoms with Crippen LogP contribution in [0.15, 0.2) is 36.5 Å². The topological polar surface area (TPSA) is 13.6 Å². The highest BCUT2D eigenvalue weighted by Crippen LogP contribution is 2.10. The Morgan fingerprint density at radius 2 is 2.14 bits per heavy atom. The summed E-state index contributed by atoms with van der Waals surface area (Å²) < 4.78 is 7.68. The predicted molar refractivity (Wildman–Crippen MR) is 57.3 cm³/mol. The van der Waals surface area contributed by atoms with Crippen molar-refractivity contribution in [2.24, 2.45) is 0 Å². The lowest BCUT2D eigenvalue weighted by atomic mass is 10.4. The molecule has 0 aromatic carbocycles. The summed E-state index contributed by atoms with van der Waals surface area (Å²) in [5, 5.41) is 0. The number of rotatable bonds is 4. The molecule has 0 atom stereocenters. The minimum atomic E-state index is 0.700. The van der Waals surface area contributed by atoms with E-state index in [1.165, 1.54) is 11.2 Å². The predicted octanol–water partition coefficient (Wildman–Crippen LogP) is 2.87. The molecule has 0 amide bonds. The zero-order chi connectivity index (χ0) is 9.80. The standard InChI is InChI=1S/C12H15NO/c1-2-9-14-10-12-7-6-11-5-3-4-8-13(11)12/h3-8H,2,9-10H2,1H3. The van der Waals surface area contributed by atoms with Crippen LogP contribution in [0.25, 0.3) is 5.52 Å². The van der Waals surface area contributed by atoms with Crippen LogP contribution in [-0.2, 0) is 11.3 Å². The van der Waals surface area contributed by atoms with Crippen LogP contribution in [0.3, 0.4) is 0 Å². The lowest BCUT2D eigenvalue weighted by Gasteiger charge is -2.03. The highest BCUT2D eigenvalue weighted by Gasteiger charge is 1.99. The van der Waals surface area contributed by atoms with Gasteiger partial charge in [0.1, 0.15) is 0 Å². The van der Waals surface area contributed by atoms with Crippen molar-refractivity contribution in [3.05, 3.63) is 42.2 Å². The Hall–Kier alpha value is -1.28. The molecular weight excluding hydrogens is 174 g/mol. The van der Waals surface area contributed by atoms with Crippen molar-refractivity contribution in [3.8, 4) is 0 Å². The maximum atomic E-state index is 5.51. The molecule has 0 fully saturated rings. The Kier molecular flexibility index (Phi) is 2.84. The van der Waals surface area contributed by atoms with E-state index in [4.69, 9.17) is 4.74 Å². The fourth-order valence-electron chi connectivity index (χ4n) is 1.55. The quantitative estimate of drug-likeness (QED) is 0.674. The van der Waals surface area contributed by atoms with Gasteiger partial charge in [-0.15, -0.1) is 0 Å². The maximum absolute atomic E-state index is 5.51. The van der Waals surface area contributed by atoms with Crippen molar-refractivity contribution in [3.63, 3.8) is 0 Å². The molecule has 2 rings (SSSR count). The van der Waals surface area contributed by atoms with Crippen LogP contribution < -0.4 is 0 Å². The summed E-state index contributed by atoms with van der Waals surface area (Å²) in [6.07, 6.45) is 3.14. The Labute approximate surface area is 84.1 Å². The van der Waals surface area contributed by atoms with Crippen molar-refractivity contribution in [1.82, 2.24) is 4.40 Å². The molecule has 14 heavy (non-hydrogen) atoms. The zero-order valence-electron chi connectivity index (χ0n) is 8.44. The summed E-state index contributed by atoms with van der Waals surface area (Å²) in [6.45, 7) is 3.66. The second-order valence-corrected chi connectivity index (χ2v) is 3.37. The number of fused-ring (bicyclic) bond motifs is 1. The first-order chi connectivity index (χ1) is 6.92. The average Bonchev–Trinajstić information content (AvgIpc) is 2.63. The minimum absolute atomic E-state index is 0.700. The van der Waals surface area contributed by atoms with Gasteiger partial charge in [-0.2, -0.15) is 0 Å². The van der Waals surface area contributed by atoms with E-state index < -0.39 is 0 Å². The molecule has 0 radical (unpaired) electrons. The van der Waals surface area contributed by atoms with Crippen LogP contribution in [0.5, 0.6) is 0 Å². The van der Waals surface area contributed by atoms with Crippen molar-refractivity contribution in [1.29, 1.82) is 0 Å². The van der Waals surface area contributed by atoms with Gasteiger partial charge in [0.05, 0.1) is 6.61 Å². The molecule has 2 heterocycles. The molecule has 2 nitrogen and oxygen atoms in total. The third-order valence-corrected chi connectivity index (χ3v) is 2.25. The number of aromatic nitrogens is 1. The van der Waals surface area contributed by atoms with Crippen LogP contribution in [0.4, 0.5) is 0 Å². The highest BCUT2D eigenvalue weighted by atomic mass is 16.5. The summed E-state index contributed by atoms with van der Waals surface area (Å²) in [4.78, 5) is 0. The van der Waals surface area contributed by atoms with Crippen molar-refractivity contribution in [2.75, 3.05) is 6.61 Å². The van der Waals surface area contributed by atoms with E-state index in [1.807, 2.05) is 12.1 Å². The van der Waals surface area contributed by atoms with Gasteiger partial charge in [0.25, 0.3) is 0 Å². The van der Waals surface area contributed by atoms with Gasteiger partial charge < -0.3 is 9.14 Å². The minimum Gasteiger partial charge on any atom is -0.375 e. The molecule has 2 aromatic heterocycles. The molecule has 2 heteroatoms. The molecule has 0 bridgehead atoms. The van der Waals surface area contributed by atoms with Gasteiger partial charge in [0, 0.05) is 24.0 Å². The van der Waals surface area contributed by atoms with Gasteiger partial charge in [-0.25, -0.2) is 0 Å². The molecule has 0 aliphatic heterocycles. The maximum Gasteiger partial charge on any atom is 0.0871 e. The van der Waals surface area contributed by atoms with E-state index in [0.717, 1.165) is 13.0 Å². The molecule has 0 aliphatic rings. The highest BCUT2D eigenvalue weighted by molar-refractivity contribution is 5.49. The van der Waals surface area contributed by atoms with E-state index in [2.05, 4.69) is 35.7 Å². The summed E-state index contributed by atoms with van der Waals surface area (Å²) >= 11 is 0. The van der Waals surface area contributed by atoms with Gasteiger partial charge in [-0.3, -0.25) is 0 Å². The molecule has 0 N–H and O–H groups in total. The third-order valence-electron chi connectivity index (χ3n) is 2.25. The largest absolute Gasteiger partial charge is 0.375 e. The lowest BCUT2D eigenvalue weighted by molar-refractivity contribution is 0.118. The zero-order valence-corrected chi connectivity index (χ0v) is 8.44. The first-order valence-electron chi connectivity index (χ1n) is 5.04. The smallest absolute Gasteiger partial charge is 0.0871 e. The first-order valence-corrected chi connectivity index (χ1v) is 5.04. The fourth-order valence-corrected chi connectivity index (χ4v) is 1.55. The molecule has 2 aromatic rings. The lowest BCUT2D eigenvalue weighted by Crippen LogP contribution is -1.97. The van der Waals surface area contributed by atoms with E-state index in [0.29, 0.717) is 6.61 Å². The van der Waals surface area contributed by atoms with E-state index in [9.17, 15) is 0 Å². The van der Waals surface area contributed by atoms with E-state index >= 15 is 0 Å². The first kappa shape index (κ1) is 9.28. The van der Waals surface area contributed by atoms with Crippen molar-refractivity contribution >= 4 is 5.52 Å². The second-order valence-electron chi connectivity index (χ2n) is 3.37. The van der Waals surface area contributed by atoms with Crippen LogP contribution in [-0.4, -0.2) is 11.0 Å². The number of hydrogen-bond acceptors (Lipinski definition) is 1. The van der Waals surface area contributed by atoms with Crippen molar-refractivity contribution in [2.45, 2.75) is 20.0 Å². The van der Waals surface area contributed by atoms with E-state index in [1.54, 1.807) is 0 Å². The van der Waals surface area contributed by atoms with Gasteiger partial charge in [0.15, 0.2) is 0 Å². The second kappa shape index (κ2) is 4.29. The molecule has 0 unspecified atom stereocenters. The van der Waals surface area contributed by atoms with Crippen LogP contribution in [0.2, 0.25) is 0 Å². The summed E-state index contributed by atoms with van der Waals surface area (Å²) in [7, 11) is 0. The Balaban J connectivity index is 2.17. The Morgan fingerprint density at radius 3 is 3.00 bits per heavy atom. The summed E-state index contributed by atoms with van der Waals surface area (Å²) in [5.74, 6) is 0. The molecule has 0 saturated heterocycles. The van der Waals surface area contributed by atoms with Crippen LogP contribution in [0, 0.1) is 0 Å². The van der Waals surface area contributed by atoms with Gasteiger partial charge in [-0.05, 0) is 30.7 Å². The monoisotopic (exact) mass is 189 g/mol. The van der Waals surface area contributed by atoms with Crippen LogP contribution in [0.1, 0.15) is 19.0 Å². The molecule has 0 saturated carbocycles. The van der Waals surface area contributed by atoms with Crippen LogP contribution >= 0.6 is 0 Å². The fraction of sp³-hybridized carbons (Fsp3) is 0.333. The number of nitrogens with zero attached hydrogens (tertiary/aromatic N) is 1. The normalized spacial score (nSPS) is 10.9. The number of hydrogen-bond donors (Lipinski definition) is 0. The Morgan fingerprint density at radius 1 is 1.21 bits per heavy atom. The van der Waals surface area contributed by atoms with E-state index in [-0.39, 0.29) is 0 Å². The number of ether oxygens (including phenoxy) is 1. The Bertz CT molecular complexity index is 405. The number of pyridine rings is 1. The molecule has 74 valence electrons. The van der Waals surface area contributed by atoms with Gasteiger partial charge in [-0.1, -0.05) is 13.0 Å². The SMILES string of the molecule is CCCOCc1ccc2ccccn12. The molecular formula is C12H15NO. The van der Waals surface area contributed by atoms with Gasteiger partial charge >= 0.3 is 0 Å². The summed E-state index contributed by atoms with van der Waals surface area (Å²) in [5.41, 5.74) is 2.44. The van der Waals surface area contributed by atoms with Gasteiger partial charge in [0.2, 0.25) is 0 Å². The molecule has 0 aliphatic carbocycles.